The van der Waals surface area contributed by atoms with Crippen molar-refractivity contribution in [2.75, 3.05) is 44.4 Å². The summed E-state index contributed by atoms with van der Waals surface area (Å²) in [6.45, 7) is 4.79. The second-order valence-electron chi connectivity index (χ2n) is 9.13. The highest BCUT2D eigenvalue weighted by molar-refractivity contribution is 5.96. The monoisotopic (exact) mass is 483 g/mol. The van der Waals surface area contributed by atoms with Crippen LogP contribution in [0.2, 0.25) is 0 Å². The molecule has 0 amide bonds. The van der Waals surface area contributed by atoms with Gasteiger partial charge in [0.1, 0.15) is 17.5 Å². The molecular weight excluding hydrogens is 454 g/mol. The summed E-state index contributed by atoms with van der Waals surface area (Å²) in [6, 6.07) is 14.6. The number of nitrogens with zero attached hydrogens (tertiary/aromatic N) is 3. The van der Waals surface area contributed by atoms with Crippen LogP contribution in [0.1, 0.15) is 18.4 Å². The molecular formula is C28H29N5O3. The molecule has 36 heavy (non-hydrogen) atoms. The minimum Gasteiger partial charge on any atom is -0.488 e. The lowest BCUT2D eigenvalue weighted by Crippen LogP contribution is -2.36. The molecule has 0 unspecified atom stereocenters. The molecule has 0 radical (unpaired) electrons. The average molecular weight is 484 g/mol. The quantitative estimate of drug-likeness (QED) is 0.387. The summed E-state index contributed by atoms with van der Waals surface area (Å²) in [4.78, 5) is 15.1. The van der Waals surface area contributed by atoms with E-state index in [-0.39, 0.29) is 6.10 Å². The first kappa shape index (κ1) is 22.7. The lowest BCUT2D eigenvalue weighted by molar-refractivity contribution is 0.0254. The van der Waals surface area contributed by atoms with Crippen LogP contribution in [0.25, 0.3) is 33.5 Å². The molecule has 6 rings (SSSR count). The first-order chi connectivity index (χ1) is 17.8. The van der Waals surface area contributed by atoms with Gasteiger partial charge in [-0.15, -0.1) is 0 Å². The predicted octanol–water partition coefficient (Wildman–Crippen LogP) is 4.68. The van der Waals surface area contributed by atoms with Crippen LogP contribution in [-0.4, -0.2) is 66.8 Å². The van der Waals surface area contributed by atoms with Crippen molar-refractivity contribution < 1.29 is 14.2 Å². The summed E-state index contributed by atoms with van der Waals surface area (Å²) in [5.74, 6) is 0.640. The van der Waals surface area contributed by atoms with Gasteiger partial charge >= 0.3 is 0 Å². The number of nitrogens with one attached hydrogen (secondary N) is 2. The number of fused-ring (bicyclic) bond motifs is 1. The molecule has 5 heterocycles. The minimum absolute atomic E-state index is 0.0969. The van der Waals surface area contributed by atoms with E-state index in [4.69, 9.17) is 24.6 Å². The molecule has 2 fully saturated rings. The van der Waals surface area contributed by atoms with Crippen molar-refractivity contribution in [1.82, 2.24) is 15.0 Å². The Balaban J connectivity index is 1.29. The van der Waals surface area contributed by atoms with Crippen LogP contribution in [0.4, 0.5) is 5.69 Å². The fraction of sp³-hybridized carbons (Fsp3) is 0.321. The largest absolute Gasteiger partial charge is 0.488 e. The third kappa shape index (κ3) is 4.57. The van der Waals surface area contributed by atoms with Gasteiger partial charge in [-0.05, 0) is 35.9 Å². The number of aromatic amines is 1. The average Bonchev–Trinajstić information content (AvgIpc) is 3.39. The van der Waals surface area contributed by atoms with Gasteiger partial charge in [-0.2, -0.15) is 0 Å². The number of hydrogen-bond donors (Lipinski definition) is 2. The maximum atomic E-state index is 7.95. The Morgan fingerprint density at radius 3 is 2.53 bits per heavy atom. The molecule has 8 heteroatoms. The standard InChI is InChI=1S/C28H29N5O3/c29-17-20-15-26(31-18-27(20)36-22-6-11-34-12-7-22)23-5-8-30-28-24(23)16-25(32-28)19-1-3-21(4-2-19)33-9-13-35-14-10-33/h1-5,8,15-18,22,29H,6-7,9-14H2,(H,30,32). The van der Waals surface area contributed by atoms with Crippen LogP contribution in [0, 0.1) is 5.41 Å². The summed E-state index contributed by atoms with van der Waals surface area (Å²) in [5, 5.41) is 8.94. The number of rotatable bonds is 6. The van der Waals surface area contributed by atoms with Crippen LogP contribution in [0.3, 0.4) is 0 Å². The number of anilines is 1. The van der Waals surface area contributed by atoms with Crippen molar-refractivity contribution in [2.24, 2.45) is 0 Å². The number of morpholine rings is 1. The third-order valence-electron chi connectivity index (χ3n) is 6.88. The molecule has 0 atom stereocenters. The number of benzene rings is 1. The third-order valence-corrected chi connectivity index (χ3v) is 6.88. The number of hydrogen-bond acceptors (Lipinski definition) is 7. The second kappa shape index (κ2) is 10.1. The van der Waals surface area contributed by atoms with Crippen molar-refractivity contribution >= 4 is 22.9 Å². The van der Waals surface area contributed by atoms with Gasteiger partial charge in [-0.25, -0.2) is 4.98 Å². The van der Waals surface area contributed by atoms with E-state index >= 15 is 0 Å². The summed E-state index contributed by atoms with van der Waals surface area (Å²) < 4.78 is 17.0. The van der Waals surface area contributed by atoms with Crippen LogP contribution >= 0.6 is 0 Å². The molecule has 2 saturated heterocycles. The number of ether oxygens (including phenoxy) is 3. The normalized spacial score (nSPS) is 16.8. The summed E-state index contributed by atoms with van der Waals surface area (Å²) in [5.41, 5.74) is 6.59. The predicted molar refractivity (Wildman–Crippen MR) is 140 cm³/mol. The molecule has 8 nitrogen and oxygen atoms in total. The van der Waals surface area contributed by atoms with Crippen molar-refractivity contribution in [3.63, 3.8) is 0 Å². The minimum atomic E-state index is 0.0969. The molecule has 3 aromatic heterocycles. The van der Waals surface area contributed by atoms with Crippen molar-refractivity contribution in [2.45, 2.75) is 18.9 Å². The van der Waals surface area contributed by atoms with Gasteiger partial charge < -0.3 is 29.5 Å². The molecule has 184 valence electrons. The highest BCUT2D eigenvalue weighted by Gasteiger charge is 2.18. The molecule has 2 aliphatic heterocycles. The van der Waals surface area contributed by atoms with E-state index in [0.717, 1.165) is 72.7 Å². The second-order valence-corrected chi connectivity index (χ2v) is 9.13. The summed E-state index contributed by atoms with van der Waals surface area (Å²) in [7, 11) is 0. The van der Waals surface area contributed by atoms with Gasteiger partial charge in [-0.1, -0.05) is 12.1 Å². The highest BCUT2D eigenvalue weighted by Crippen LogP contribution is 2.33. The van der Waals surface area contributed by atoms with Crippen LogP contribution in [0.15, 0.2) is 54.9 Å². The van der Waals surface area contributed by atoms with Gasteiger partial charge in [-0.3, -0.25) is 4.98 Å². The molecule has 2 aliphatic rings. The van der Waals surface area contributed by atoms with Crippen molar-refractivity contribution in [1.29, 1.82) is 5.41 Å². The zero-order valence-corrected chi connectivity index (χ0v) is 20.1. The molecule has 0 spiro atoms. The van der Waals surface area contributed by atoms with E-state index in [1.165, 1.54) is 11.9 Å². The van der Waals surface area contributed by atoms with E-state index in [2.05, 4.69) is 45.2 Å². The van der Waals surface area contributed by atoms with Crippen molar-refractivity contribution in [3.05, 3.63) is 60.4 Å². The van der Waals surface area contributed by atoms with Gasteiger partial charge in [0, 0.05) is 66.2 Å². The van der Waals surface area contributed by atoms with E-state index in [1.54, 1.807) is 12.4 Å². The maximum absolute atomic E-state index is 7.95. The summed E-state index contributed by atoms with van der Waals surface area (Å²) in [6.07, 6.45) is 6.65. The smallest absolute Gasteiger partial charge is 0.146 e. The zero-order valence-electron chi connectivity index (χ0n) is 20.1. The van der Waals surface area contributed by atoms with Gasteiger partial charge in [0.05, 0.1) is 38.3 Å². The lowest BCUT2D eigenvalue weighted by Gasteiger charge is -2.28. The lowest BCUT2D eigenvalue weighted by atomic mass is 10.1. The van der Waals surface area contributed by atoms with Crippen molar-refractivity contribution in [3.8, 4) is 28.3 Å². The molecule has 0 saturated carbocycles. The van der Waals surface area contributed by atoms with Crippen LogP contribution in [0.5, 0.6) is 5.75 Å². The first-order valence-corrected chi connectivity index (χ1v) is 12.4. The molecule has 4 aromatic rings. The Kier molecular flexibility index (Phi) is 6.36. The zero-order chi connectivity index (χ0) is 24.3. The SMILES string of the molecule is N=Cc1cc(-c2ccnc3[nH]c(-c4ccc(N5CCOCC5)cc4)cc23)ncc1OC1CCOCC1. The maximum Gasteiger partial charge on any atom is 0.146 e. The van der Waals surface area contributed by atoms with Crippen LogP contribution < -0.4 is 9.64 Å². The molecule has 1 aromatic carbocycles. The number of H-pyrrole nitrogens is 1. The van der Waals surface area contributed by atoms with Crippen LogP contribution in [-0.2, 0) is 9.47 Å². The summed E-state index contributed by atoms with van der Waals surface area (Å²) >= 11 is 0. The van der Waals surface area contributed by atoms with E-state index < -0.39 is 0 Å². The van der Waals surface area contributed by atoms with E-state index in [1.807, 2.05) is 12.1 Å². The Labute approximate surface area is 209 Å². The highest BCUT2D eigenvalue weighted by atomic mass is 16.5. The molecule has 2 N–H and O–H groups in total. The Morgan fingerprint density at radius 1 is 0.972 bits per heavy atom. The number of pyridine rings is 2. The fourth-order valence-electron chi connectivity index (χ4n) is 4.87. The Bertz CT molecular complexity index is 1360. The molecule has 0 bridgehead atoms. The Hall–Kier alpha value is -3.75. The number of aromatic nitrogens is 3. The molecule has 0 aliphatic carbocycles. The topological polar surface area (TPSA) is 96.4 Å². The fourth-order valence-corrected chi connectivity index (χ4v) is 4.87. The Morgan fingerprint density at radius 2 is 1.75 bits per heavy atom. The van der Waals surface area contributed by atoms with Gasteiger partial charge in [0.2, 0.25) is 0 Å². The first-order valence-electron chi connectivity index (χ1n) is 12.4. The van der Waals surface area contributed by atoms with E-state index in [0.29, 0.717) is 24.5 Å². The van der Waals surface area contributed by atoms with E-state index in [9.17, 15) is 0 Å². The van der Waals surface area contributed by atoms with Gasteiger partial charge in [0.15, 0.2) is 0 Å². The van der Waals surface area contributed by atoms with Gasteiger partial charge in [0.25, 0.3) is 0 Å².